The van der Waals surface area contributed by atoms with Gasteiger partial charge in [-0.15, -0.1) is 0 Å². The van der Waals surface area contributed by atoms with Gasteiger partial charge in [0, 0.05) is 30.4 Å². The van der Waals surface area contributed by atoms with E-state index in [1.807, 2.05) is 44.2 Å². The van der Waals surface area contributed by atoms with Crippen molar-refractivity contribution in [3.63, 3.8) is 0 Å². The normalized spacial score (nSPS) is 20.2. The van der Waals surface area contributed by atoms with E-state index in [0.29, 0.717) is 12.1 Å². The van der Waals surface area contributed by atoms with Crippen LogP contribution in [0.4, 0.5) is 0 Å². The Hall–Kier alpha value is -2.69. The number of likely N-dealkylation sites (tertiary alicyclic amines) is 1. The van der Waals surface area contributed by atoms with Crippen LogP contribution in [-0.2, 0) is 4.79 Å². The van der Waals surface area contributed by atoms with Crippen LogP contribution >= 0.6 is 0 Å². The lowest BCUT2D eigenvalue weighted by atomic mass is 9.99. The molecule has 1 N–H and O–H groups in total. The van der Waals surface area contributed by atoms with Crippen molar-refractivity contribution in [1.29, 1.82) is 0 Å². The van der Waals surface area contributed by atoms with Gasteiger partial charge in [-0.1, -0.05) is 25.1 Å². The first-order valence-corrected chi connectivity index (χ1v) is 8.02. The van der Waals surface area contributed by atoms with E-state index in [1.165, 1.54) is 0 Å². The maximum atomic E-state index is 12.9. The van der Waals surface area contributed by atoms with Gasteiger partial charge in [0.2, 0.25) is 0 Å². The molecule has 1 aliphatic rings. The fourth-order valence-electron chi connectivity index (χ4n) is 3.29. The third kappa shape index (κ3) is 2.89. The minimum atomic E-state index is -0.836. The highest BCUT2D eigenvalue weighted by Gasteiger charge is 2.37. The Morgan fingerprint density at radius 1 is 1.17 bits per heavy atom. The minimum absolute atomic E-state index is 0.0364. The first-order chi connectivity index (χ1) is 11.5. The molecule has 0 saturated carbocycles. The molecule has 5 nitrogen and oxygen atoms in total. The number of amides is 1. The molecule has 124 valence electrons. The highest BCUT2D eigenvalue weighted by atomic mass is 16.4. The van der Waals surface area contributed by atoms with Crippen molar-refractivity contribution < 1.29 is 14.7 Å². The zero-order valence-electron chi connectivity index (χ0n) is 13.8. The lowest BCUT2D eigenvalue weighted by Gasteiger charge is -2.18. The quantitative estimate of drug-likeness (QED) is 0.942. The van der Waals surface area contributed by atoms with Crippen molar-refractivity contribution in [2.75, 3.05) is 13.1 Å². The van der Waals surface area contributed by atoms with Crippen LogP contribution in [0.25, 0.3) is 11.3 Å². The molecular weight excluding hydrogens is 304 g/mol. The van der Waals surface area contributed by atoms with Gasteiger partial charge in [0.1, 0.15) is 0 Å². The van der Waals surface area contributed by atoms with Crippen LogP contribution in [0.1, 0.15) is 22.8 Å². The Balaban J connectivity index is 1.91. The van der Waals surface area contributed by atoms with Crippen LogP contribution in [0.2, 0.25) is 0 Å². The first-order valence-electron chi connectivity index (χ1n) is 8.02. The molecule has 1 saturated heterocycles. The van der Waals surface area contributed by atoms with Crippen LogP contribution in [-0.4, -0.2) is 40.0 Å². The number of hydrogen-bond donors (Lipinski definition) is 1. The topological polar surface area (TPSA) is 70.5 Å². The fraction of sp³-hybridized carbons (Fsp3) is 0.316. The van der Waals surface area contributed by atoms with Crippen LogP contribution in [0.5, 0.6) is 0 Å². The molecule has 2 atom stereocenters. The number of aliphatic carboxylic acids is 1. The van der Waals surface area contributed by atoms with Crippen molar-refractivity contribution in [2.45, 2.75) is 13.8 Å². The Bertz CT molecular complexity index is 773. The van der Waals surface area contributed by atoms with Gasteiger partial charge in [-0.05, 0) is 36.6 Å². The number of carboxylic acid groups (broad SMARTS) is 1. The molecule has 3 rings (SSSR count). The summed E-state index contributed by atoms with van der Waals surface area (Å²) in [6.45, 7) is 4.53. The zero-order valence-corrected chi connectivity index (χ0v) is 13.8. The molecule has 1 aromatic heterocycles. The number of carbonyl (C=O) groups is 2. The average molecular weight is 324 g/mol. The van der Waals surface area contributed by atoms with E-state index in [9.17, 15) is 14.7 Å². The second-order valence-electron chi connectivity index (χ2n) is 6.33. The summed E-state index contributed by atoms with van der Waals surface area (Å²) in [7, 11) is 0. The molecule has 2 aromatic rings. The second kappa shape index (κ2) is 6.43. The Kier molecular flexibility index (Phi) is 4.34. The van der Waals surface area contributed by atoms with Gasteiger partial charge in [0.15, 0.2) is 0 Å². The minimum Gasteiger partial charge on any atom is -0.481 e. The number of carbonyl (C=O) groups excluding carboxylic acids is 1. The summed E-state index contributed by atoms with van der Waals surface area (Å²) in [6, 6.07) is 11.3. The summed E-state index contributed by atoms with van der Waals surface area (Å²) < 4.78 is 0. The van der Waals surface area contributed by atoms with E-state index in [4.69, 9.17) is 0 Å². The van der Waals surface area contributed by atoms with Gasteiger partial charge < -0.3 is 10.0 Å². The third-order valence-corrected chi connectivity index (χ3v) is 4.72. The van der Waals surface area contributed by atoms with Gasteiger partial charge in [-0.2, -0.15) is 0 Å². The van der Waals surface area contributed by atoms with Crippen molar-refractivity contribution in [3.05, 3.63) is 53.7 Å². The predicted octanol–water partition coefficient (Wildman–Crippen LogP) is 2.85. The number of aromatic nitrogens is 1. The van der Waals surface area contributed by atoms with Crippen LogP contribution in [0.3, 0.4) is 0 Å². The molecule has 2 heterocycles. The molecule has 1 aromatic carbocycles. The monoisotopic (exact) mass is 324 g/mol. The van der Waals surface area contributed by atoms with Crippen LogP contribution < -0.4 is 0 Å². The lowest BCUT2D eigenvalue weighted by Crippen LogP contribution is -2.30. The Morgan fingerprint density at radius 3 is 2.58 bits per heavy atom. The second-order valence-corrected chi connectivity index (χ2v) is 6.33. The van der Waals surface area contributed by atoms with E-state index in [2.05, 4.69) is 4.98 Å². The highest BCUT2D eigenvalue weighted by Crippen LogP contribution is 2.28. The van der Waals surface area contributed by atoms with Crippen molar-refractivity contribution in [3.8, 4) is 11.3 Å². The standard InChI is InChI=1S/C19H20N2O3/c1-12-10-21(11-16(12)19(23)24)18(22)15-7-5-6-14(13(15)2)17-8-3-4-9-20-17/h3-9,12,16H,10-11H2,1-2H3,(H,23,24)/t12-,16-/m1/s1. The summed E-state index contributed by atoms with van der Waals surface area (Å²) >= 11 is 0. The van der Waals surface area contributed by atoms with Gasteiger partial charge in [-0.25, -0.2) is 0 Å². The van der Waals surface area contributed by atoms with Gasteiger partial charge in [0.25, 0.3) is 5.91 Å². The molecule has 1 aliphatic heterocycles. The van der Waals surface area contributed by atoms with Gasteiger partial charge in [0.05, 0.1) is 11.6 Å². The van der Waals surface area contributed by atoms with E-state index in [0.717, 1.165) is 16.8 Å². The summed E-state index contributed by atoms with van der Waals surface area (Å²) in [5.41, 5.74) is 3.22. The molecular formula is C19H20N2O3. The number of carboxylic acids is 1. The average Bonchev–Trinajstić information content (AvgIpc) is 2.97. The number of hydrogen-bond acceptors (Lipinski definition) is 3. The zero-order chi connectivity index (χ0) is 17.3. The number of nitrogens with zero attached hydrogens (tertiary/aromatic N) is 2. The summed E-state index contributed by atoms with van der Waals surface area (Å²) in [4.78, 5) is 30.2. The van der Waals surface area contributed by atoms with Gasteiger partial charge >= 0.3 is 5.97 Å². The molecule has 0 bridgehead atoms. The number of pyridine rings is 1. The largest absolute Gasteiger partial charge is 0.481 e. The number of rotatable bonds is 3. The lowest BCUT2D eigenvalue weighted by molar-refractivity contribution is -0.142. The van der Waals surface area contributed by atoms with Gasteiger partial charge in [-0.3, -0.25) is 14.6 Å². The molecule has 5 heteroatoms. The van der Waals surface area contributed by atoms with E-state index in [-0.39, 0.29) is 18.4 Å². The summed E-state index contributed by atoms with van der Waals surface area (Å²) in [5.74, 6) is -1.48. The Labute approximate surface area is 140 Å². The summed E-state index contributed by atoms with van der Waals surface area (Å²) in [6.07, 6.45) is 1.73. The van der Waals surface area contributed by atoms with E-state index < -0.39 is 11.9 Å². The Morgan fingerprint density at radius 2 is 1.96 bits per heavy atom. The highest BCUT2D eigenvalue weighted by molar-refractivity contribution is 5.98. The molecule has 1 amide bonds. The number of benzene rings is 1. The molecule has 1 fully saturated rings. The van der Waals surface area contributed by atoms with Crippen LogP contribution in [0.15, 0.2) is 42.6 Å². The van der Waals surface area contributed by atoms with E-state index in [1.54, 1.807) is 17.2 Å². The maximum absolute atomic E-state index is 12.9. The molecule has 0 radical (unpaired) electrons. The van der Waals surface area contributed by atoms with E-state index >= 15 is 0 Å². The fourth-order valence-corrected chi connectivity index (χ4v) is 3.29. The smallest absolute Gasteiger partial charge is 0.308 e. The molecule has 24 heavy (non-hydrogen) atoms. The molecule has 0 unspecified atom stereocenters. The van der Waals surface area contributed by atoms with Crippen molar-refractivity contribution in [1.82, 2.24) is 9.88 Å². The molecule has 0 aliphatic carbocycles. The first kappa shape index (κ1) is 16.2. The molecule has 0 spiro atoms. The predicted molar refractivity (Wildman–Crippen MR) is 90.6 cm³/mol. The van der Waals surface area contributed by atoms with Crippen LogP contribution in [0, 0.1) is 18.8 Å². The third-order valence-electron chi connectivity index (χ3n) is 4.72. The van der Waals surface area contributed by atoms with Crippen molar-refractivity contribution >= 4 is 11.9 Å². The SMILES string of the molecule is Cc1c(C(=O)N2C[C@@H](C)[C@H](C(=O)O)C2)cccc1-c1ccccn1. The maximum Gasteiger partial charge on any atom is 0.308 e. The van der Waals surface area contributed by atoms with Crippen molar-refractivity contribution in [2.24, 2.45) is 11.8 Å². The summed E-state index contributed by atoms with van der Waals surface area (Å²) in [5, 5.41) is 9.25.